The maximum atomic E-state index is 11.2. The average molecular weight is 336 g/mol. The summed E-state index contributed by atoms with van der Waals surface area (Å²) in [5.74, 6) is 0. The zero-order valence-corrected chi connectivity index (χ0v) is 13.0. The average Bonchev–Trinajstić information content (AvgIpc) is 2.01. The third kappa shape index (κ3) is 4.90. The van der Waals surface area contributed by atoms with Crippen molar-refractivity contribution in [3.63, 3.8) is 0 Å². The van der Waals surface area contributed by atoms with Gasteiger partial charge in [-0.15, -0.1) is 0 Å². The summed E-state index contributed by atoms with van der Waals surface area (Å²) < 4.78 is -0.155. The molecule has 0 heterocycles. The molecule has 0 aliphatic carbocycles. The van der Waals surface area contributed by atoms with Crippen LogP contribution in [0.15, 0.2) is 0 Å². The summed E-state index contributed by atoms with van der Waals surface area (Å²) in [4.78, 5) is 44.8. The van der Waals surface area contributed by atoms with E-state index in [2.05, 4.69) is 0 Å². The van der Waals surface area contributed by atoms with Crippen LogP contribution in [-0.4, -0.2) is 47.6 Å². The van der Waals surface area contributed by atoms with E-state index >= 15 is 0 Å². The summed E-state index contributed by atoms with van der Waals surface area (Å²) in [5.41, 5.74) is 0. The standard InChI is InChI=1S/C9H14As2O4/c1-6(12)10(7(2)13)5-11(8(3)14)9(4)15/h5H2,1-4H3. The first-order valence-corrected chi connectivity index (χ1v) is 10.8. The fraction of sp³-hybridized carbons (Fsp3) is 0.556. The van der Waals surface area contributed by atoms with Gasteiger partial charge in [0.2, 0.25) is 0 Å². The topological polar surface area (TPSA) is 68.3 Å². The van der Waals surface area contributed by atoms with Crippen molar-refractivity contribution in [2.24, 2.45) is 0 Å². The molecule has 0 aliphatic heterocycles. The molecule has 84 valence electrons. The molecule has 0 saturated heterocycles. The van der Waals surface area contributed by atoms with E-state index in [1.807, 2.05) is 0 Å². The van der Waals surface area contributed by atoms with Gasteiger partial charge >= 0.3 is 98.5 Å². The fourth-order valence-electron chi connectivity index (χ4n) is 0.983. The summed E-state index contributed by atoms with van der Waals surface area (Å²) in [5, 5.41) is 0. The van der Waals surface area contributed by atoms with Crippen LogP contribution in [-0.2, 0) is 19.2 Å². The van der Waals surface area contributed by atoms with E-state index in [-0.39, 0.29) is 18.3 Å². The van der Waals surface area contributed by atoms with Crippen molar-refractivity contribution >= 4 is 47.6 Å². The van der Waals surface area contributed by atoms with Gasteiger partial charge in [0.15, 0.2) is 0 Å². The van der Waals surface area contributed by atoms with Gasteiger partial charge in [0.1, 0.15) is 0 Å². The molecule has 0 saturated carbocycles. The molecule has 0 aromatic carbocycles. The van der Waals surface area contributed by atoms with Crippen LogP contribution < -0.4 is 0 Å². The van der Waals surface area contributed by atoms with E-state index in [1.165, 1.54) is 27.7 Å². The van der Waals surface area contributed by atoms with Crippen molar-refractivity contribution in [2.75, 3.05) is 0 Å². The number of hydrogen-bond acceptors (Lipinski definition) is 4. The predicted molar refractivity (Wildman–Crippen MR) is 59.0 cm³/mol. The first-order chi connectivity index (χ1) is 6.77. The molecular weight excluding hydrogens is 322 g/mol. The Morgan fingerprint density at radius 2 is 0.867 bits per heavy atom. The van der Waals surface area contributed by atoms with Crippen molar-refractivity contribution in [1.29, 1.82) is 0 Å². The molecule has 0 aromatic rings. The first-order valence-electron chi connectivity index (χ1n) is 4.34. The monoisotopic (exact) mass is 336 g/mol. The predicted octanol–water partition coefficient (Wildman–Crippen LogP) is 0.0280. The van der Waals surface area contributed by atoms with E-state index in [1.54, 1.807) is 0 Å². The van der Waals surface area contributed by atoms with Gasteiger partial charge in [-0.05, 0) is 0 Å². The molecular formula is C9H14As2O4. The molecule has 0 aromatic heterocycles. The van der Waals surface area contributed by atoms with Gasteiger partial charge in [0, 0.05) is 0 Å². The third-order valence-corrected chi connectivity index (χ3v) is 15.5. The first kappa shape index (κ1) is 14.8. The second-order valence-corrected chi connectivity index (χ2v) is 15.6. The van der Waals surface area contributed by atoms with Gasteiger partial charge in [-0.2, -0.15) is 0 Å². The van der Waals surface area contributed by atoms with E-state index in [4.69, 9.17) is 0 Å². The van der Waals surface area contributed by atoms with Crippen LogP contribution in [0.5, 0.6) is 0 Å². The number of carbonyl (C=O) groups excluding carboxylic acids is 4. The Hall–Kier alpha value is -0.203. The van der Waals surface area contributed by atoms with Crippen LogP contribution in [0.4, 0.5) is 0 Å². The van der Waals surface area contributed by atoms with Gasteiger partial charge in [-0.1, -0.05) is 0 Å². The maximum absolute atomic E-state index is 11.2. The van der Waals surface area contributed by atoms with Crippen LogP contribution in [0.2, 0.25) is 4.00 Å². The van der Waals surface area contributed by atoms with E-state index in [9.17, 15) is 19.2 Å². The molecule has 6 heteroatoms. The molecule has 0 radical (unpaired) electrons. The normalized spacial score (nSPS) is 10.5. The van der Waals surface area contributed by atoms with Crippen LogP contribution in [0, 0.1) is 0 Å². The number of carbonyl (C=O) groups is 4. The molecule has 0 aliphatic rings. The second kappa shape index (κ2) is 6.39. The van der Waals surface area contributed by atoms with Gasteiger partial charge in [0.25, 0.3) is 0 Å². The van der Waals surface area contributed by atoms with E-state index in [0.29, 0.717) is 4.00 Å². The number of hydrogen-bond donors (Lipinski definition) is 0. The number of rotatable bonds is 6. The summed E-state index contributed by atoms with van der Waals surface area (Å²) in [6.07, 6.45) is 0. The van der Waals surface area contributed by atoms with Gasteiger partial charge in [-0.25, -0.2) is 0 Å². The summed E-state index contributed by atoms with van der Waals surface area (Å²) in [7, 11) is 0. The van der Waals surface area contributed by atoms with Crippen LogP contribution in [0.1, 0.15) is 27.7 Å². The van der Waals surface area contributed by atoms with Gasteiger partial charge < -0.3 is 0 Å². The quantitative estimate of drug-likeness (QED) is 0.642. The SMILES string of the molecule is CC(=O)[As](C[As](C(C)=O)C(C)=O)C(C)=O. The molecule has 0 amide bonds. The minimum absolute atomic E-state index is 0.114. The molecule has 4 nitrogen and oxygen atoms in total. The molecule has 0 N–H and O–H groups in total. The van der Waals surface area contributed by atoms with E-state index < -0.39 is 29.3 Å². The molecule has 0 unspecified atom stereocenters. The van der Waals surface area contributed by atoms with Crippen molar-refractivity contribution in [2.45, 2.75) is 31.7 Å². The van der Waals surface area contributed by atoms with Crippen molar-refractivity contribution in [3.8, 4) is 0 Å². The molecule has 0 atom stereocenters. The fourth-order valence-corrected chi connectivity index (χ4v) is 16.9. The minimum atomic E-state index is -2.28. The molecule has 0 fully saturated rings. The Morgan fingerprint density at radius 3 is 1.00 bits per heavy atom. The molecule has 0 rings (SSSR count). The van der Waals surface area contributed by atoms with Crippen molar-refractivity contribution in [3.05, 3.63) is 0 Å². The van der Waals surface area contributed by atoms with Gasteiger partial charge in [-0.3, -0.25) is 0 Å². The molecule has 15 heavy (non-hydrogen) atoms. The van der Waals surface area contributed by atoms with Crippen LogP contribution in [0.3, 0.4) is 0 Å². The Kier molecular flexibility index (Phi) is 6.31. The van der Waals surface area contributed by atoms with Gasteiger partial charge in [0.05, 0.1) is 0 Å². The summed E-state index contributed by atoms with van der Waals surface area (Å²) >= 11 is -4.55. The Morgan fingerprint density at radius 1 is 0.667 bits per heavy atom. The molecule has 0 bridgehead atoms. The second-order valence-electron chi connectivity index (χ2n) is 3.07. The Labute approximate surface area is 98.3 Å². The zero-order valence-electron chi connectivity index (χ0n) is 9.23. The van der Waals surface area contributed by atoms with Crippen molar-refractivity contribution in [1.82, 2.24) is 0 Å². The Balaban J connectivity index is 4.77. The van der Waals surface area contributed by atoms with Crippen LogP contribution >= 0.6 is 0 Å². The zero-order chi connectivity index (χ0) is 12.2. The third-order valence-electron chi connectivity index (χ3n) is 1.80. The van der Waals surface area contributed by atoms with Crippen LogP contribution in [0.25, 0.3) is 0 Å². The van der Waals surface area contributed by atoms with Crippen molar-refractivity contribution < 1.29 is 19.2 Å². The Bertz CT molecular complexity index is 253. The van der Waals surface area contributed by atoms with E-state index in [0.717, 1.165) is 0 Å². The summed E-state index contributed by atoms with van der Waals surface area (Å²) in [6.45, 7) is 5.53. The molecule has 0 spiro atoms. The summed E-state index contributed by atoms with van der Waals surface area (Å²) in [6, 6.07) is 0.